The Kier molecular flexibility index (Phi) is 2.05. The molecule has 0 aliphatic heterocycles. The fourth-order valence-corrected chi connectivity index (χ4v) is 1.64. The number of nitrogens with two attached hydrogens (primary N) is 1. The summed E-state index contributed by atoms with van der Waals surface area (Å²) in [6.45, 7) is 0. The molecule has 0 radical (unpaired) electrons. The molecular formula is C8H8N4OS. The van der Waals surface area contributed by atoms with Crippen LogP contribution in [0.25, 0.3) is 10.6 Å². The molecule has 0 amide bonds. The van der Waals surface area contributed by atoms with E-state index >= 15 is 0 Å². The van der Waals surface area contributed by atoms with Gasteiger partial charge in [-0.05, 0) is 6.07 Å². The average molecular weight is 208 g/mol. The van der Waals surface area contributed by atoms with Gasteiger partial charge >= 0.3 is 0 Å². The molecular weight excluding hydrogens is 200 g/mol. The van der Waals surface area contributed by atoms with Crippen LogP contribution in [0.3, 0.4) is 0 Å². The van der Waals surface area contributed by atoms with Gasteiger partial charge in [-0.2, -0.15) is 0 Å². The third-order valence-corrected chi connectivity index (χ3v) is 2.59. The summed E-state index contributed by atoms with van der Waals surface area (Å²) in [6, 6.07) is 3.32. The van der Waals surface area contributed by atoms with Crippen molar-refractivity contribution in [3.05, 3.63) is 28.7 Å². The highest BCUT2D eigenvalue weighted by Crippen LogP contribution is 2.22. The zero-order valence-corrected chi connectivity index (χ0v) is 8.28. The van der Waals surface area contributed by atoms with Crippen LogP contribution in [0.4, 0.5) is 5.13 Å². The van der Waals surface area contributed by atoms with E-state index in [0.717, 1.165) is 5.56 Å². The Balaban J connectivity index is 2.53. The van der Waals surface area contributed by atoms with Gasteiger partial charge in [-0.25, -0.2) is 0 Å². The molecule has 2 rings (SSSR count). The van der Waals surface area contributed by atoms with E-state index in [9.17, 15) is 4.79 Å². The minimum atomic E-state index is -0.0729. The van der Waals surface area contributed by atoms with Crippen LogP contribution in [0.1, 0.15) is 0 Å². The molecule has 0 unspecified atom stereocenters. The summed E-state index contributed by atoms with van der Waals surface area (Å²) in [5.41, 5.74) is 6.12. The fourth-order valence-electron chi connectivity index (χ4n) is 1.03. The number of aromatic nitrogens is 3. The number of rotatable bonds is 1. The summed E-state index contributed by atoms with van der Waals surface area (Å²) in [5.74, 6) is 0. The van der Waals surface area contributed by atoms with Crippen molar-refractivity contribution < 1.29 is 0 Å². The lowest BCUT2D eigenvalue weighted by Gasteiger charge is -1.97. The molecule has 2 heterocycles. The molecule has 72 valence electrons. The van der Waals surface area contributed by atoms with Crippen LogP contribution in [-0.4, -0.2) is 14.8 Å². The summed E-state index contributed by atoms with van der Waals surface area (Å²) in [4.78, 5) is 11.3. The van der Waals surface area contributed by atoms with Gasteiger partial charge < -0.3 is 10.3 Å². The van der Waals surface area contributed by atoms with E-state index in [0.29, 0.717) is 10.1 Å². The maximum atomic E-state index is 11.3. The monoisotopic (exact) mass is 208 g/mol. The number of aryl methyl sites for hydroxylation is 1. The Morgan fingerprint density at radius 3 is 2.86 bits per heavy atom. The van der Waals surface area contributed by atoms with Crippen molar-refractivity contribution in [1.82, 2.24) is 14.8 Å². The second kappa shape index (κ2) is 3.22. The maximum absolute atomic E-state index is 11.3. The first-order chi connectivity index (χ1) is 6.66. The third kappa shape index (κ3) is 1.51. The Labute approximate surface area is 83.8 Å². The van der Waals surface area contributed by atoms with Gasteiger partial charge in [0, 0.05) is 24.9 Å². The van der Waals surface area contributed by atoms with Crippen molar-refractivity contribution in [2.45, 2.75) is 0 Å². The lowest BCUT2D eigenvalue weighted by molar-refractivity contribution is 0.861. The molecule has 2 N–H and O–H groups in total. The van der Waals surface area contributed by atoms with E-state index in [1.165, 1.54) is 22.0 Å². The molecule has 5 nitrogen and oxygen atoms in total. The van der Waals surface area contributed by atoms with E-state index in [4.69, 9.17) is 5.73 Å². The van der Waals surface area contributed by atoms with Gasteiger partial charge in [-0.15, -0.1) is 10.2 Å². The van der Waals surface area contributed by atoms with Crippen LogP contribution >= 0.6 is 11.3 Å². The smallest absolute Gasteiger partial charge is 0.250 e. The maximum Gasteiger partial charge on any atom is 0.250 e. The average Bonchev–Trinajstić information content (AvgIpc) is 2.57. The second-order valence-corrected chi connectivity index (χ2v) is 3.82. The molecule has 0 saturated carbocycles. The quantitative estimate of drug-likeness (QED) is 0.740. The number of nitrogens with zero attached hydrogens (tertiary/aromatic N) is 3. The van der Waals surface area contributed by atoms with Crippen LogP contribution in [0.5, 0.6) is 0 Å². The van der Waals surface area contributed by atoms with E-state index < -0.39 is 0 Å². The highest BCUT2D eigenvalue weighted by molar-refractivity contribution is 7.18. The third-order valence-electron chi connectivity index (χ3n) is 1.79. The Morgan fingerprint density at radius 2 is 2.29 bits per heavy atom. The number of hydrogen-bond acceptors (Lipinski definition) is 5. The van der Waals surface area contributed by atoms with Crippen molar-refractivity contribution in [3.8, 4) is 10.6 Å². The van der Waals surface area contributed by atoms with Gasteiger partial charge in [0.25, 0.3) is 5.56 Å². The molecule has 0 bridgehead atoms. The lowest BCUT2D eigenvalue weighted by Crippen LogP contribution is -2.13. The van der Waals surface area contributed by atoms with E-state index in [1.54, 1.807) is 19.3 Å². The summed E-state index contributed by atoms with van der Waals surface area (Å²) in [5, 5.41) is 8.60. The number of pyridine rings is 1. The first-order valence-electron chi connectivity index (χ1n) is 3.93. The van der Waals surface area contributed by atoms with Gasteiger partial charge in [0.2, 0.25) is 5.13 Å². The summed E-state index contributed by atoms with van der Waals surface area (Å²) in [6.07, 6.45) is 1.69. The molecule has 2 aromatic rings. The van der Waals surface area contributed by atoms with Crippen molar-refractivity contribution in [3.63, 3.8) is 0 Å². The van der Waals surface area contributed by atoms with E-state index in [1.807, 2.05) is 0 Å². The molecule has 6 heteroatoms. The predicted molar refractivity (Wildman–Crippen MR) is 55.0 cm³/mol. The van der Waals surface area contributed by atoms with Gasteiger partial charge in [-0.3, -0.25) is 4.79 Å². The van der Waals surface area contributed by atoms with Gasteiger partial charge in [0.05, 0.1) is 0 Å². The van der Waals surface area contributed by atoms with Crippen molar-refractivity contribution in [2.24, 2.45) is 7.05 Å². The topological polar surface area (TPSA) is 73.8 Å². The van der Waals surface area contributed by atoms with E-state index in [-0.39, 0.29) is 5.56 Å². The largest absolute Gasteiger partial charge is 0.374 e. The fraction of sp³-hybridized carbons (Fsp3) is 0.125. The minimum absolute atomic E-state index is 0.0729. The zero-order valence-electron chi connectivity index (χ0n) is 7.47. The predicted octanol–water partition coefficient (Wildman–Crippen LogP) is 0.486. The Morgan fingerprint density at radius 1 is 1.50 bits per heavy atom. The summed E-state index contributed by atoms with van der Waals surface area (Å²) >= 11 is 1.26. The second-order valence-electron chi connectivity index (χ2n) is 2.81. The highest BCUT2D eigenvalue weighted by atomic mass is 32.1. The molecule has 14 heavy (non-hydrogen) atoms. The molecule has 0 aliphatic carbocycles. The van der Waals surface area contributed by atoms with Crippen LogP contribution in [0, 0.1) is 0 Å². The van der Waals surface area contributed by atoms with Crippen LogP contribution in [-0.2, 0) is 7.05 Å². The SMILES string of the molecule is Cn1ccc(-c2nnc(N)s2)cc1=O. The first-order valence-corrected chi connectivity index (χ1v) is 4.74. The van der Waals surface area contributed by atoms with Gasteiger partial charge in [0.15, 0.2) is 0 Å². The molecule has 0 saturated heterocycles. The van der Waals surface area contributed by atoms with Crippen molar-refractivity contribution >= 4 is 16.5 Å². The normalized spacial score (nSPS) is 10.4. The molecule has 0 atom stereocenters. The standard InChI is InChI=1S/C8H8N4OS/c1-12-3-2-5(4-6(12)13)7-10-11-8(9)14-7/h2-4H,1H3,(H2,9,11). The molecule has 0 spiro atoms. The zero-order chi connectivity index (χ0) is 10.1. The van der Waals surface area contributed by atoms with Crippen molar-refractivity contribution in [1.29, 1.82) is 0 Å². The van der Waals surface area contributed by atoms with E-state index in [2.05, 4.69) is 10.2 Å². The number of nitrogen functional groups attached to an aromatic ring is 1. The lowest BCUT2D eigenvalue weighted by atomic mass is 10.3. The number of anilines is 1. The molecule has 0 aromatic carbocycles. The van der Waals surface area contributed by atoms with Gasteiger partial charge in [-0.1, -0.05) is 11.3 Å². The molecule has 0 fully saturated rings. The Bertz CT molecular complexity index is 516. The summed E-state index contributed by atoms with van der Waals surface area (Å²) < 4.78 is 1.49. The minimum Gasteiger partial charge on any atom is -0.374 e. The van der Waals surface area contributed by atoms with Crippen LogP contribution < -0.4 is 11.3 Å². The van der Waals surface area contributed by atoms with Gasteiger partial charge in [0.1, 0.15) is 5.01 Å². The van der Waals surface area contributed by atoms with Crippen LogP contribution in [0.2, 0.25) is 0 Å². The molecule has 2 aromatic heterocycles. The Hall–Kier alpha value is -1.69. The first kappa shape index (κ1) is 8.89. The number of hydrogen-bond donors (Lipinski definition) is 1. The highest BCUT2D eigenvalue weighted by Gasteiger charge is 2.04. The van der Waals surface area contributed by atoms with Crippen LogP contribution in [0.15, 0.2) is 23.1 Å². The molecule has 0 aliphatic rings. The summed E-state index contributed by atoms with van der Waals surface area (Å²) in [7, 11) is 1.70. The van der Waals surface area contributed by atoms with Crippen molar-refractivity contribution in [2.75, 3.05) is 5.73 Å².